The number of carbonyl (C=O) groups excluding carboxylic acids is 1. The van der Waals surface area contributed by atoms with E-state index in [1.54, 1.807) is 4.68 Å². The van der Waals surface area contributed by atoms with Crippen LogP contribution >= 0.6 is 0 Å². The second kappa shape index (κ2) is 7.52. The Balaban J connectivity index is 2.10. The molecule has 1 N–H and O–H groups in total. The molecule has 5 heteroatoms. The Bertz CT molecular complexity index is 926. The van der Waals surface area contributed by atoms with Crippen molar-refractivity contribution >= 4 is 5.91 Å². The molecule has 0 saturated carbocycles. The van der Waals surface area contributed by atoms with Crippen LogP contribution in [0.5, 0.6) is 0 Å². The van der Waals surface area contributed by atoms with Crippen LogP contribution in [0, 0.1) is 20.8 Å². The molecule has 134 valence electrons. The third kappa shape index (κ3) is 3.67. The van der Waals surface area contributed by atoms with Gasteiger partial charge in [0.25, 0.3) is 5.91 Å². The third-order valence-corrected chi connectivity index (χ3v) is 4.39. The Kier molecular flexibility index (Phi) is 5.16. The van der Waals surface area contributed by atoms with Gasteiger partial charge in [-0.1, -0.05) is 42.8 Å². The number of carbonyl (C=O) groups is 1. The van der Waals surface area contributed by atoms with Crippen molar-refractivity contribution in [2.75, 3.05) is 6.54 Å². The number of nitrogens with one attached hydrogen (secondary N) is 1. The molecular weight excluding hydrogens is 324 g/mol. The molecule has 3 rings (SSSR count). The van der Waals surface area contributed by atoms with E-state index in [1.165, 1.54) is 16.7 Å². The molecule has 0 unspecified atom stereocenters. The number of rotatable bonds is 5. The van der Waals surface area contributed by atoms with Gasteiger partial charge in [-0.3, -0.25) is 4.79 Å². The summed E-state index contributed by atoms with van der Waals surface area (Å²) in [4.78, 5) is 16.9. The summed E-state index contributed by atoms with van der Waals surface area (Å²) in [5.41, 5.74) is 5.38. The van der Waals surface area contributed by atoms with Crippen LogP contribution in [0.15, 0.2) is 42.5 Å². The van der Waals surface area contributed by atoms with Crippen LogP contribution in [0.4, 0.5) is 0 Å². The Morgan fingerprint density at radius 3 is 2.42 bits per heavy atom. The van der Waals surface area contributed by atoms with Crippen molar-refractivity contribution < 1.29 is 4.79 Å². The second-order valence-electron chi connectivity index (χ2n) is 6.56. The molecule has 0 saturated heterocycles. The molecule has 1 amide bonds. The minimum atomic E-state index is -0.247. The molecule has 26 heavy (non-hydrogen) atoms. The van der Waals surface area contributed by atoms with Gasteiger partial charge in [0.1, 0.15) is 0 Å². The lowest BCUT2D eigenvalue weighted by molar-refractivity contribution is 0.0943. The van der Waals surface area contributed by atoms with Gasteiger partial charge in [-0.15, -0.1) is 5.10 Å². The molecule has 0 aliphatic heterocycles. The predicted octanol–water partition coefficient (Wildman–Crippen LogP) is 4.00. The van der Waals surface area contributed by atoms with E-state index in [9.17, 15) is 4.79 Å². The van der Waals surface area contributed by atoms with Crippen LogP contribution in [-0.4, -0.2) is 27.2 Å². The number of aryl methyl sites for hydroxylation is 3. The van der Waals surface area contributed by atoms with Crippen molar-refractivity contribution in [3.63, 3.8) is 0 Å². The number of amides is 1. The van der Waals surface area contributed by atoms with Gasteiger partial charge in [0, 0.05) is 12.1 Å². The smallest absolute Gasteiger partial charge is 0.290 e. The number of nitrogens with zero attached hydrogens (tertiary/aromatic N) is 3. The maximum absolute atomic E-state index is 12.4. The largest absolute Gasteiger partial charge is 0.349 e. The fraction of sp³-hybridized carbons (Fsp3) is 0.286. The molecule has 3 aromatic rings. The first-order valence-corrected chi connectivity index (χ1v) is 8.89. The maximum atomic E-state index is 12.4. The summed E-state index contributed by atoms with van der Waals surface area (Å²) in [7, 11) is 0. The zero-order chi connectivity index (χ0) is 18.7. The first-order chi connectivity index (χ1) is 12.5. The van der Waals surface area contributed by atoms with Gasteiger partial charge < -0.3 is 5.32 Å². The topological polar surface area (TPSA) is 59.8 Å². The van der Waals surface area contributed by atoms with Gasteiger partial charge >= 0.3 is 0 Å². The van der Waals surface area contributed by atoms with Crippen molar-refractivity contribution in [2.45, 2.75) is 34.1 Å². The van der Waals surface area contributed by atoms with E-state index < -0.39 is 0 Å². The first kappa shape index (κ1) is 17.9. The van der Waals surface area contributed by atoms with Crippen LogP contribution in [-0.2, 0) is 0 Å². The lowest BCUT2D eigenvalue weighted by atomic mass is 10.1. The highest BCUT2D eigenvalue weighted by Crippen LogP contribution is 2.23. The summed E-state index contributed by atoms with van der Waals surface area (Å²) in [5.74, 6) is 0.602. The molecule has 0 spiro atoms. The number of hydrogen-bond donors (Lipinski definition) is 1. The average Bonchev–Trinajstić information content (AvgIpc) is 3.08. The van der Waals surface area contributed by atoms with E-state index in [2.05, 4.69) is 41.4 Å². The van der Waals surface area contributed by atoms with Gasteiger partial charge in [-0.2, -0.15) is 0 Å². The third-order valence-electron chi connectivity index (χ3n) is 4.39. The summed E-state index contributed by atoms with van der Waals surface area (Å²) in [6.07, 6.45) is 0.869. The minimum Gasteiger partial charge on any atom is -0.349 e. The van der Waals surface area contributed by atoms with Crippen molar-refractivity contribution in [3.8, 4) is 17.1 Å². The predicted molar refractivity (Wildman–Crippen MR) is 104 cm³/mol. The Morgan fingerprint density at radius 1 is 1.04 bits per heavy atom. The molecule has 0 fully saturated rings. The molecule has 0 radical (unpaired) electrons. The zero-order valence-electron chi connectivity index (χ0n) is 15.7. The number of benzene rings is 2. The first-order valence-electron chi connectivity index (χ1n) is 8.89. The van der Waals surface area contributed by atoms with E-state index in [-0.39, 0.29) is 11.7 Å². The Labute approximate surface area is 154 Å². The molecule has 1 heterocycles. The average molecular weight is 348 g/mol. The highest BCUT2D eigenvalue weighted by Gasteiger charge is 2.18. The van der Waals surface area contributed by atoms with E-state index >= 15 is 0 Å². The van der Waals surface area contributed by atoms with Crippen LogP contribution in [0.2, 0.25) is 0 Å². The molecule has 0 bridgehead atoms. The van der Waals surface area contributed by atoms with E-state index in [4.69, 9.17) is 0 Å². The van der Waals surface area contributed by atoms with Crippen molar-refractivity contribution in [1.29, 1.82) is 0 Å². The molecule has 2 aromatic carbocycles. The molecule has 1 aromatic heterocycles. The maximum Gasteiger partial charge on any atom is 0.290 e. The van der Waals surface area contributed by atoms with Gasteiger partial charge in [0.05, 0.1) is 5.69 Å². The van der Waals surface area contributed by atoms with Crippen LogP contribution < -0.4 is 5.32 Å². The number of hydrogen-bond acceptors (Lipinski definition) is 3. The van der Waals surface area contributed by atoms with E-state index in [0.29, 0.717) is 12.4 Å². The molecule has 0 aliphatic rings. The standard InChI is InChI=1S/C21H24N4O/c1-5-12-22-21(26)19-23-20(17-9-6-14(2)7-10-17)25(24-19)18-11-8-15(3)16(4)13-18/h6-11,13H,5,12H2,1-4H3,(H,22,26). The Morgan fingerprint density at radius 2 is 1.77 bits per heavy atom. The summed E-state index contributed by atoms with van der Waals surface area (Å²) in [5, 5.41) is 7.34. The summed E-state index contributed by atoms with van der Waals surface area (Å²) in [6.45, 7) is 8.80. The van der Waals surface area contributed by atoms with Crippen molar-refractivity contribution in [1.82, 2.24) is 20.1 Å². The molecule has 0 atom stereocenters. The molecule has 0 aliphatic carbocycles. The quantitative estimate of drug-likeness (QED) is 0.758. The van der Waals surface area contributed by atoms with Crippen LogP contribution in [0.3, 0.4) is 0 Å². The normalized spacial score (nSPS) is 10.8. The Hall–Kier alpha value is -2.95. The fourth-order valence-corrected chi connectivity index (χ4v) is 2.65. The zero-order valence-corrected chi connectivity index (χ0v) is 15.7. The second-order valence-corrected chi connectivity index (χ2v) is 6.56. The summed E-state index contributed by atoms with van der Waals surface area (Å²) >= 11 is 0. The van der Waals surface area contributed by atoms with E-state index in [0.717, 1.165) is 17.7 Å². The van der Waals surface area contributed by atoms with Crippen LogP contribution in [0.25, 0.3) is 17.1 Å². The summed E-state index contributed by atoms with van der Waals surface area (Å²) in [6, 6.07) is 14.2. The number of aromatic nitrogens is 3. The van der Waals surface area contributed by atoms with Gasteiger partial charge in [-0.05, 0) is 50.5 Å². The monoisotopic (exact) mass is 348 g/mol. The lowest BCUT2D eigenvalue weighted by Crippen LogP contribution is -2.25. The summed E-state index contributed by atoms with van der Waals surface area (Å²) < 4.78 is 1.75. The molecular formula is C21H24N4O. The van der Waals surface area contributed by atoms with Crippen molar-refractivity contribution in [3.05, 3.63) is 65.0 Å². The fourth-order valence-electron chi connectivity index (χ4n) is 2.65. The highest BCUT2D eigenvalue weighted by molar-refractivity contribution is 5.91. The van der Waals surface area contributed by atoms with Gasteiger partial charge in [-0.25, -0.2) is 9.67 Å². The van der Waals surface area contributed by atoms with Crippen molar-refractivity contribution in [2.24, 2.45) is 0 Å². The minimum absolute atomic E-state index is 0.187. The van der Waals surface area contributed by atoms with E-state index in [1.807, 2.05) is 44.2 Å². The molecule has 5 nitrogen and oxygen atoms in total. The van der Waals surface area contributed by atoms with Gasteiger partial charge in [0.15, 0.2) is 5.82 Å². The SMILES string of the molecule is CCCNC(=O)c1nc(-c2ccc(C)cc2)n(-c2ccc(C)c(C)c2)n1. The van der Waals surface area contributed by atoms with Crippen LogP contribution in [0.1, 0.15) is 40.7 Å². The highest BCUT2D eigenvalue weighted by atomic mass is 16.2. The lowest BCUT2D eigenvalue weighted by Gasteiger charge is -2.08. The van der Waals surface area contributed by atoms with Gasteiger partial charge in [0.2, 0.25) is 5.82 Å².